The second-order valence-electron chi connectivity index (χ2n) is 12.1. The number of amides is 1. The summed E-state index contributed by atoms with van der Waals surface area (Å²) in [5.74, 6) is -0.126. The van der Waals surface area contributed by atoms with Crippen LogP contribution >= 0.6 is 15.9 Å². The maximum atomic E-state index is 15.5. The van der Waals surface area contributed by atoms with Gasteiger partial charge in [-0.15, -0.1) is 0 Å². The van der Waals surface area contributed by atoms with E-state index in [1.54, 1.807) is 12.1 Å². The Morgan fingerprint density at radius 2 is 1.66 bits per heavy atom. The Bertz CT molecular complexity index is 1410. The van der Waals surface area contributed by atoms with E-state index in [1.807, 2.05) is 62.1 Å². The predicted octanol–water partition coefficient (Wildman–Crippen LogP) is 7.14. The molecule has 2 saturated heterocycles. The highest BCUT2D eigenvalue weighted by atomic mass is 79.9. The maximum Gasteiger partial charge on any atom is 0.410 e. The lowest BCUT2D eigenvalue weighted by Gasteiger charge is -2.47. The van der Waals surface area contributed by atoms with Crippen LogP contribution in [0.25, 0.3) is 11.1 Å². The number of benzene rings is 2. The Morgan fingerprint density at radius 3 is 2.27 bits per heavy atom. The minimum Gasteiger partial charge on any atom is -0.474 e. The topological polar surface area (TPSA) is 74.9 Å². The molecule has 0 saturated carbocycles. The van der Waals surface area contributed by atoms with E-state index in [0.29, 0.717) is 30.0 Å². The summed E-state index contributed by atoms with van der Waals surface area (Å²) in [6.07, 6.45) is 3.63. The van der Waals surface area contributed by atoms with E-state index in [-0.39, 0.29) is 22.6 Å². The first kappa shape index (κ1) is 29.2. The summed E-state index contributed by atoms with van der Waals surface area (Å²) >= 11 is 3.53. The van der Waals surface area contributed by atoms with Crippen molar-refractivity contribution >= 4 is 27.7 Å². The van der Waals surface area contributed by atoms with Crippen LogP contribution in [0, 0.1) is 11.2 Å². The van der Waals surface area contributed by atoms with Gasteiger partial charge in [0.2, 0.25) is 0 Å². The Balaban J connectivity index is 1.21. The van der Waals surface area contributed by atoms with E-state index in [2.05, 4.69) is 25.8 Å². The van der Waals surface area contributed by atoms with Crippen LogP contribution < -0.4 is 15.2 Å². The van der Waals surface area contributed by atoms with Crippen LogP contribution in [0.3, 0.4) is 0 Å². The van der Waals surface area contributed by atoms with E-state index in [0.717, 1.165) is 50.0 Å². The van der Waals surface area contributed by atoms with Gasteiger partial charge >= 0.3 is 6.09 Å². The Labute approximate surface area is 248 Å². The fourth-order valence-corrected chi connectivity index (χ4v) is 6.34. The molecule has 7 nitrogen and oxygen atoms in total. The lowest BCUT2D eigenvalue weighted by atomic mass is 9.71. The number of hydrogen-bond acceptors (Lipinski definition) is 5. The van der Waals surface area contributed by atoms with E-state index < -0.39 is 17.0 Å². The molecule has 5 rings (SSSR count). The number of piperidine rings is 2. The Hall–Kier alpha value is -3.33. The first-order valence-corrected chi connectivity index (χ1v) is 14.9. The molecule has 2 aromatic carbocycles. The molecule has 3 heterocycles. The van der Waals surface area contributed by atoms with E-state index in [9.17, 15) is 9.59 Å². The zero-order valence-corrected chi connectivity index (χ0v) is 25.4. The van der Waals surface area contributed by atoms with Crippen LogP contribution in [0.4, 0.5) is 14.9 Å². The molecule has 0 bridgehead atoms. The van der Waals surface area contributed by atoms with E-state index in [1.165, 1.54) is 6.07 Å². The van der Waals surface area contributed by atoms with Gasteiger partial charge in [0.1, 0.15) is 18.0 Å². The van der Waals surface area contributed by atoms with Crippen LogP contribution in [0.1, 0.15) is 52.0 Å². The normalized spacial score (nSPS) is 17.0. The minimum absolute atomic E-state index is 0.197. The van der Waals surface area contributed by atoms with Gasteiger partial charge in [-0.2, -0.15) is 0 Å². The summed E-state index contributed by atoms with van der Waals surface area (Å²) in [5.41, 5.74) is 1.53. The van der Waals surface area contributed by atoms with Crippen LogP contribution in [0.15, 0.2) is 63.9 Å². The number of carbonyl (C=O) groups excluding carboxylic acids is 1. The number of aromatic amines is 1. The molecule has 2 aliphatic rings. The molecule has 3 aromatic rings. The third kappa shape index (κ3) is 6.94. The second kappa shape index (κ2) is 11.9. The van der Waals surface area contributed by atoms with Gasteiger partial charge < -0.3 is 19.3 Å². The molecule has 2 aliphatic heterocycles. The number of H-pyrrole nitrogens is 1. The van der Waals surface area contributed by atoms with Gasteiger partial charge in [0.15, 0.2) is 5.88 Å². The first-order chi connectivity index (χ1) is 19.5. The number of nitrogens with one attached hydrogen (secondary N) is 1. The standard InChI is InChI=1S/C32H37BrFN3O4/c1-31(2,3)41-30(39)37-17-13-32(14-18-37)11-15-36(16-12-32)23-19-25(33)28(26(34)20-23)24-9-10-27(35-29(24)38)40-21-22-7-5-4-6-8-22/h4-10,19-20H,11-18,21H2,1-3H3,(H,35,38). The lowest BCUT2D eigenvalue weighted by molar-refractivity contribution is 0.00666. The molecule has 0 unspecified atom stereocenters. The third-order valence-corrected chi connectivity index (χ3v) is 8.71. The molecule has 0 aliphatic carbocycles. The van der Waals surface area contributed by atoms with Crippen LogP contribution in [-0.4, -0.2) is 47.8 Å². The molecule has 0 radical (unpaired) electrons. The molecule has 41 heavy (non-hydrogen) atoms. The van der Waals surface area contributed by atoms with Gasteiger partial charge in [-0.05, 0) is 97.6 Å². The Kier molecular flexibility index (Phi) is 8.45. The minimum atomic E-state index is -0.495. The number of ether oxygens (including phenoxy) is 2. The summed E-state index contributed by atoms with van der Waals surface area (Å²) in [4.78, 5) is 32.1. The highest BCUT2D eigenvalue weighted by molar-refractivity contribution is 9.10. The summed E-state index contributed by atoms with van der Waals surface area (Å²) in [5, 5.41) is 0. The Morgan fingerprint density at radius 1 is 1.00 bits per heavy atom. The zero-order chi connectivity index (χ0) is 29.2. The number of aromatic nitrogens is 1. The van der Waals surface area contributed by atoms with Crippen molar-refractivity contribution in [2.24, 2.45) is 5.41 Å². The van der Waals surface area contributed by atoms with Crippen LogP contribution in [-0.2, 0) is 11.3 Å². The second-order valence-corrected chi connectivity index (χ2v) is 12.9. The number of rotatable bonds is 5. The van der Waals surface area contributed by atoms with Gasteiger partial charge in [-0.1, -0.05) is 30.3 Å². The number of likely N-dealkylation sites (tertiary alicyclic amines) is 1. The molecule has 1 amide bonds. The lowest BCUT2D eigenvalue weighted by Crippen LogP contribution is -2.49. The summed E-state index contributed by atoms with van der Waals surface area (Å²) in [6, 6.07) is 16.3. The molecular weight excluding hydrogens is 589 g/mol. The molecular formula is C32H37BrFN3O4. The van der Waals surface area contributed by atoms with Crippen molar-refractivity contribution in [3.05, 3.63) is 80.8 Å². The van der Waals surface area contributed by atoms with Crippen LogP contribution in [0.5, 0.6) is 5.88 Å². The first-order valence-electron chi connectivity index (χ1n) is 14.1. The highest BCUT2D eigenvalue weighted by Gasteiger charge is 2.39. The fourth-order valence-electron chi connectivity index (χ4n) is 5.70. The molecule has 1 aromatic heterocycles. The van der Waals surface area contributed by atoms with Gasteiger partial charge in [0.25, 0.3) is 5.56 Å². The molecule has 218 valence electrons. The number of halogens is 2. The van der Waals surface area contributed by atoms with Gasteiger partial charge in [0, 0.05) is 41.9 Å². The third-order valence-electron chi connectivity index (χ3n) is 8.08. The number of anilines is 1. The van der Waals surface area contributed by atoms with Crippen molar-refractivity contribution in [1.29, 1.82) is 0 Å². The van der Waals surface area contributed by atoms with Crippen molar-refractivity contribution in [1.82, 2.24) is 9.88 Å². The largest absolute Gasteiger partial charge is 0.474 e. The summed E-state index contributed by atoms with van der Waals surface area (Å²) < 4.78 is 27.3. The summed E-state index contributed by atoms with van der Waals surface area (Å²) in [6.45, 7) is 9.01. The molecule has 1 N–H and O–H groups in total. The quantitative estimate of drug-likeness (QED) is 0.326. The van der Waals surface area contributed by atoms with Crippen LogP contribution in [0.2, 0.25) is 0 Å². The molecule has 0 atom stereocenters. The highest BCUT2D eigenvalue weighted by Crippen LogP contribution is 2.43. The predicted molar refractivity (Wildman–Crippen MR) is 162 cm³/mol. The maximum absolute atomic E-state index is 15.5. The molecule has 9 heteroatoms. The smallest absolute Gasteiger partial charge is 0.410 e. The SMILES string of the molecule is CC(C)(C)OC(=O)N1CCC2(CC1)CCN(c1cc(F)c(-c3ccc(OCc4ccccc4)[nH]c3=O)c(Br)c1)CC2. The van der Waals surface area contributed by atoms with E-state index in [4.69, 9.17) is 9.47 Å². The van der Waals surface area contributed by atoms with Crippen molar-refractivity contribution in [3.63, 3.8) is 0 Å². The van der Waals surface area contributed by atoms with E-state index >= 15 is 4.39 Å². The van der Waals surface area contributed by atoms with Crippen molar-refractivity contribution < 1.29 is 18.7 Å². The number of carbonyl (C=O) groups is 1. The van der Waals surface area contributed by atoms with Gasteiger partial charge in [-0.25, -0.2) is 9.18 Å². The van der Waals surface area contributed by atoms with Crippen molar-refractivity contribution in [2.75, 3.05) is 31.1 Å². The monoisotopic (exact) mass is 625 g/mol. The number of hydrogen-bond donors (Lipinski definition) is 1. The number of nitrogens with zero attached hydrogens (tertiary/aromatic N) is 2. The zero-order valence-electron chi connectivity index (χ0n) is 23.8. The average molecular weight is 627 g/mol. The summed E-state index contributed by atoms with van der Waals surface area (Å²) in [7, 11) is 0. The molecule has 2 fully saturated rings. The van der Waals surface area contributed by atoms with Crippen molar-refractivity contribution in [3.8, 4) is 17.0 Å². The van der Waals surface area contributed by atoms with Gasteiger partial charge in [0.05, 0.1) is 5.56 Å². The molecule has 1 spiro atoms. The van der Waals surface area contributed by atoms with Gasteiger partial charge in [-0.3, -0.25) is 9.78 Å². The fraction of sp³-hybridized carbons (Fsp3) is 0.438. The van der Waals surface area contributed by atoms with Crippen molar-refractivity contribution in [2.45, 2.75) is 58.7 Å². The average Bonchev–Trinajstić information content (AvgIpc) is 2.93. The number of pyridine rings is 1.